The predicted molar refractivity (Wildman–Crippen MR) is 71.8 cm³/mol. The van der Waals surface area contributed by atoms with Crippen LogP contribution in [-0.4, -0.2) is 17.1 Å². The summed E-state index contributed by atoms with van der Waals surface area (Å²) in [5.74, 6) is -0.324. The number of ether oxygens (including phenoxy) is 1. The summed E-state index contributed by atoms with van der Waals surface area (Å²) in [7, 11) is 0. The molecule has 1 aromatic carbocycles. The van der Waals surface area contributed by atoms with Crippen LogP contribution in [0.25, 0.3) is 10.2 Å². The second kappa shape index (κ2) is 5.18. The average Bonchev–Trinajstić information content (AvgIpc) is 2.66. The van der Waals surface area contributed by atoms with Crippen molar-refractivity contribution >= 4 is 27.5 Å². The molecule has 2 rings (SSSR count). The summed E-state index contributed by atoms with van der Waals surface area (Å²) >= 11 is 1.34. The molecule has 0 aliphatic heterocycles. The number of carbonyl (C=O) groups excluding carboxylic acids is 1. The van der Waals surface area contributed by atoms with Gasteiger partial charge in [-0.25, -0.2) is 4.79 Å². The van der Waals surface area contributed by atoms with Crippen molar-refractivity contribution in [3.8, 4) is 0 Å². The van der Waals surface area contributed by atoms with Crippen molar-refractivity contribution in [1.82, 2.24) is 4.57 Å². The van der Waals surface area contributed by atoms with Crippen LogP contribution >= 0.6 is 11.3 Å². The summed E-state index contributed by atoms with van der Waals surface area (Å²) in [6.07, 6.45) is 1.75. The van der Waals surface area contributed by atoms with Crippen LogP contribution in [0.1, 0.15) is 17.3 Å². The SMILES string of the molecule is C=CCn1c(=N)sc2cc(C(=O)OCC)ccc21. The van der Waals surface area contributed by atoms with E-state index in [1.807, 2.05) is 10.6 Å². The number of rotatable bonds is 4. The fraction of sp³-hybridized carbons (Fsp3) is 0.231. The molecule has 1 N–H and O–H groups in total. The molecule has 5 heteroatoms. The molecule has 1 heterocycles. The quantitative estimate of drug-likeness (QED) is 0.680. The molecule has 0 bridgehead atoms. The lowest BCUT2D eigenvalue weighted by Gasteiger charge is -2.03. The first-order valence-corrected chi connectivity index (χ1v) is 6.45. The molecule has 0 saturated carbocycles. The maximum absolute atomic E-state index is 11.6. The maximum Gasteiger partial charge on any atom is 0.338 e. The Balaban J connectivity index is 2.50. The zero-order valence-electron chi connectivity index (χ0n) is 10.1. The van der Waals surface area contributed by atoms with Crippen molar-refractivity contribution in [2.45, 2.75) is 13.5 Å². The number of benzene rings is 1. The van der Waals surface area contributed by atoms with E-state index in [9.17, 15) is 4.79 Å². The Morgan fingerprint density at radius 1 is 1.61 bits per heavy atom. The van der Waals surface area contributed by atoms with E-state index in [2.05, 4.69) is 6.58 Å². The van der Waals surface area contributed by atoms with Gasteiger partial charge in [0.05, 0.1) is 22.4 Å². The third kappa shape index (κ3) is 2.22. The normalized spacial score (nSPS) is 10.5. The van der Waals surface area contributed by atoms with E-state index in [4.69, 9.17) is 10.1 Å². The number of nitrogens with zero attached hydrogens (tertiary/aromatic N) is 1. The number of hydrogen-bond donors (Lipinski definition) is 1. The van der Waals surface area contributed by atoms with Crippen LogP contribution in [-0.2, 0) is 11.3 Å². The van der Waals surface area contributed by atoms with E-state index in [1.54, 1.807) is 25.1 Å². The smallest absolute Gasteiger partial charge is 0.338 e. The molecule has 4 nitrogen and oxygen atoms in total. The topological polar surface area (TPSA) is 55.1 Å². The van der Waals surface area contributed by atoms with E-state index < -0.39 is 0 Å². The third-order valence-electron chi connectivity index (χ3n) is 2.53. The van der Waals surface area contributed by atoms with E-state index in [0.717, 1.165) is 10.2 Å². The van der Waals surface area contributed by atoms with Crippen molar-refractivity contribution in [2.75, 3.05) is 6.61 Å². The Bertz CT molecular complexity index is 655. The van der Waals surface area contributed by atoms with Crippen LogP contribution in [0.2, 0.25) is 0 Å². The van der Waals surface area contributed by atoms with Gasteiger partial charge in [-0.1, -0.05) is 17.4 Å². The minimum atomic E-state index is -0.324. The molecule has 2 aromatic rings. The molecule has 0 radical (unpaired) electrons. The fourth-order valence-electron chi connectivity index (χ4n) is 1.74. The van der Waals surface area contributed by atoms with Crippen molar-refractivity contribution in [3.63, 3.8) is 0 Å². The van der Waals surface area contributed by atoms with Gasteiger partial charge in [-0.05, 0) is 25.1 Å². The Labute approximate surface area is 109 Å². The Morgan fingerprint density at radius 3 is 3.06 bits per heavy atom. The Kier molecular flexibility index (Phi) is 3.62. The average molecular weight is 262 g/mol. The number of hydrogen-bond acceptors (Lipinski definition) is 4. The first kappa shape index (κ1) is 12.6. The van der Waals surface area contributed by atoms with Crippen LogP contribution < -0.4 is 4.80 Å². The molecule has 1 aromatic heterocycles. The summed E-state index contributed by atoms with van der Waals surface area (Å²) in [4.78, 5) is 12.1. The van der Waals surface area contributed by atoms with Crippen LogP contribution in [0.4, 0.5) is 0 Å². The van der Waals surface area contributed by atoms with Crippen LogP contribution in [0.15, 0.2) is 30.9 Å². The summed E-state index contributed by atoms with van der Waals surface area (Å²) in [6.45, 7) is 6.42. The lowest BCUT2D eigenvalue weighted by atomic mass is 10.2. The van der Waals surface area contributed by atoms with Crippen LogP contribution in [0, 0.1) is 5.41 Å². The third-order valence-corrected chi connectivity index (χ3v) is 3.49. The first-order chi connectivity index (χ1) is 8.67. The number of thiazole rings is 1. The monoisotopic (exact) mass is 262 g/mol. The minimum Gasteiger partial charge on any atom is -0.462 e. The van der Waals surface area contributed by atoms with Crippen molar-refractivity contribution in [3.05, 3.63) is 41.2 Å². The molecular formula is C13H14N2O2S. The lowest BCUT2D eigenvalue weighted by molar-refractivity contribution is 0.0526. The predicted octanol–water partition coefficient (Wildman–Crippen LogP) is 2.54. The van der Waals surface area contributed by atoms with Crippen molar-refractivity contribution in [2.24, 2.45) is 0 Å². The summed E-state index contributed by atoms with van der Waals surface area (Å²) < 4.78 is 7.72. The molecule has 94 valence electrons. The highest BCUT2D eigenvalue weighted by Gasteiger charge is 2.10. The largest absolute Gasteiger partial charge is 0.462 e. The number of nitrogens with one attached hydrogen (secondary N) is 1. The van der Waals surface area contributed by atoms with Gasteiger partial charge in [0, 0.05) is 6.54 Å². The zero-order chi connectivity index (χ0) is 13.1. The van der Waals surface area contributed by atoms with Gasteiger partial charge in [-0.15, -0.1) is 6.58 Å². The van der Waals surface area contributed by atoms with Gasteiger partial charge in [0.25, 0.3) is 0 Å². The van der Waals surface area contributed by atoms with Crippen LogP contribution in [0.5, 0.6) is 0 Å². The van der Waals surface area contributed by atoms with Crippen molar-refractivity contribution in [1.29, 1.82) is 5.41 Å². The minimum absolute atomic E-state index is 0.324. The number of aromatic nitrogens is 1. The molecule has 0 saturated heterocycles. The van der Waals surface area contributed by atoms with Gasteiger partial charge in [0.1, 0.15) is 0 Å². The molecule has 0 aliphatic carbocycles. The van der Waals surface area contributed by atoms with Crippen molar-refractivity contribution < 1.29 is 9.53 Å². The fourth-order valence-corrected chi connectivity index (χ4v) is 2.70. The number of esters is 1. The molecule has 0 atom stereocenters. The molecule has 0 aliphatic rings. The second-order valence-corrected chi connectivity index (χ2v) is 4.74. The van der Waals surface area contributed by atoms with E-state index >= 15 is 0 Å². The van der Waals surface area contributed by atoms with E-state index in [1.165, 1.54) is 11.3 Å². The lowest BCUT2D eigenvalue weighted by Crippen LogP contribution is -2.11. The Morgan fingerprint density at radius 2 is 2.39 bits per heavy atom. The van der Waals surface area contributed by atoms with E-state index in [-0.39, 0.29) is 5.97 Å². The molecule has 0 fully saturated rings. The number of carbonyl (C=O) groups is 1. The van der Waals surface area contributed by atoms with Gasteiger partial charge in [0.2, 0.25) is 0 Å². The molecule has 0 amide bonds. The molecular weight excluding hydrogens is 248 g/mol. The standard InChI is InChI=1S/C13H14N2O2S/c1-3-7-15-10-6-5-9(12(16)17-4-2)8-11(10)18-13(15)14/h3,5-6,8,14H,1,4,7H2,2H3. The van der Waals surface area contributed by atoms with Gasteiger partial charge in [-0.3, -0.25) is 5.41 Å². The highest BCUT2D eigenvalue weighted by Crippen LogP contribution is 2.19. The van der Waals surface area contributed by atoms with E-state index in [0.29, 0.717) is 23.5 Å². The highest BCUT2D eigenvalue weighted by molar-refractivity contribution is 7.16. The number of fused-ring (bicyclic) bond motifs is 1. The summed E-state index contributed by atoms with van der Waals surface area (Å²) in [6, 6.07) is 5.35. The van der Waals surface area contributed by atoms with Crippen LogP contribution in [0.3, 0.4) is 0 Å². The molecule has 0 unspecified atom stereocenters. The van der Waals surface area contributed by atoms with Gasteiger partial charge in [-0.2, -0.15) is 0 Å². The molecule has 0 spiro atoms. The number of allylic oxidation sites excluding steroid dienone is 1. The highest BCUT2D eigenvalue weighted by atomic mass is 32.1. The first-order valence-electron chi connectivity index (χ1n) is 5.63. The molecule has 18 heavy (non-hydrogen) atoms. The Hall–Kier alpha value is -1.88. The van der Waals surface area contributed by atoms with Gasteiger partial charge < -0.3 is 9.30 Å². The zero-order valence-corrected chi connectivity index (χ0v) is 10.9. The second-order valence-electron chi connectivity index (χ2n) is 3.71. The van der Waals surface area contributed by atoms with Gasteiger partial charge >= 0.3 is 5.97 Å². The summed E-state index contributed by atoms with van der Waals surface area (Å²) in [5.41, 5.74) is 1.47. The maximum atomic E-state index is 11.6. The summed E-state index contributed by atoms with van der Waals surface area (Å²) in [5, 5.41) is 7.88. The van der Waals surface area contributed by atoms with Gasteiger partial charge in [0.15, 0.2) is 4.80 Å².